The molecule has 1 aliphatic rings. The first-order valence-corrected chi connectivity index (χ1v) is 8.20. The lowest BCUT2D eigenvalue weighted by atomic mass is 10.00. The number of nitrogens with one attached hydrogen (secondary N) is 2. The van der Waals surface area contributed by atoms with Crippen molar-refractivity contribution in [2.45, 2.75) is 25.3 Å². The lowest BCUT2D eigenvalue weighted by Crippen LogP contribution is -2.28. The standard InChI is InChI=1S/C16H18BrN3O2/c17-13-5-1-3-11(7-13)8-19-15(21)14-10-22-16(20-14)12-4-2-6-18-9-12/h1,3,5,7,10,12,18H,2,4,6,8-9H2,(H,19,21). The van der Waals surface area contributed by atoms with Crippen LogP contribution in [0.15, 0.2) is 39.4 Å². The zero-order valence-electron chi connectivity index (χ0n) is 12.1. The Balaban J connectivity index is 1.59. The van der Waals surface area contributed by atoms with Gasteiger partial charge in [-0.3, -0.25) is 4.79 Å². The molecule has 1 atom stereocenters. The average Bonchev–Trinajstić information content (AvgIpc) is 3.04. The van der Waals surface area contributed by atoms with E-state index in [4.69, 9.17) is 4.42 Å². The highest BCUT2D eigenvalue weighted by Crippen LogP contribution is 2.22. The molecule has 2 N–H and O–H groups in total. The maximum atomic E-state index is 12.1. The van der Waals surface area contributed by atoms with Gasteiger partial charge in [-0.2, -0.15) is 0 Å². The monoisotopic (exact) mass is 363 g/mol. The van der Waals surface area contributed by atoms with E-state index >= 15 is 0 Å². The van der Waals surface area contributed by atoms with Gasteiger partial charge in [0.05, 0.1) is 0 Å². The molecule has 1 saturated heterocycles. The van der Waals surface area contributed by atoms with Gasteiger partial charge in [-0.1, -0.05) is 28.1 Å². The van der Waals surface area contributed by atoms with Crippen molar-refractivity contribution in [1.82, 2.24) is 15.6 Å². The summed E-state index contributed by atoms with van der Waals surface area (Å²) in [4.78, 5) is 16.5. The molecule has 1 aliphatic heterocycles. The zero-order valence-corrected chi connectivity index (χ0v) is 13.7. The second-order valence-corrected chi connectivity index (χ2v) is 6.34. The van der Waals surface area contributed by atoms with Crippen LogP contribution in [-0.4, -0.2) is 24.0 Å². The minimum absolute atomic E-state index is 0.209. The van der Waals surface area contributed by atoms with Crippen LogP contribution >= 0.6 is 15.9 Å². The quantitative estimate of drug-likeness (QED) is 0.876. The van der Waals surface area contributed by atoms with Gasteiger partial charge < -0.3 is 15.1 Å². The number of rotatable bonds is 4. The highest BCUT2D eigenvalue weighted by atomic mass is 79.9. The topological polar surface area (TPSA) is 67.2 Å². The third-order valence-electron chi connectivity index (χ3n) is 3.74. The summed E-state index contributed by atoms with van der Waals surface area (Å²) in [6.45, 7) is 2.36. The summed E-state index contributed by atoms with van der Waals surface area (Å²) in [6, 6.07) is 7.83. The van der Waals surface area contributed by atoms with Crippen molar-refractivity contribution in [2.24, 2.45) is 0 Å². The molecule has 0 saturated carbocycles. The second-order valence-electron chi connectivity index (χ2n) is 5.43. The largest absolute Gasteiger partial charge is 0.448 e. The first kappa shape index (κ1) is 15.2. The number of nitrogens with zero attached hydrogens (tertiary/aromatic N) is 1. The number of carbonyl (C=O) groups is 1. The molecule has 0 aliphatic carbocycles. The number of benzene rings is 1. The summed E-state index contributed by atoms with van der Waals surface area (Å²) in [5.41, 5.74) is 1.37. The number of halogens is 1. The lowest BCUT2D eigenvalue weighted by molar-refractivity contribution is 0.0946. The molecule has 0 spiro atoms. The summed E-state index contributed by atoms with van der Waals surface area (Å²) in [7, 11) is 0. The van der Waals surface area contributed by atoms with Crippen molar-refractivity contribution in [1.29, 1.82) is 0 Å². The second kappa shape index (κ2) is 7.07. The van der Waals surface area contributed by atoms with Crippen molar-refractivity contribution in [3.63, 3.8) is 0 Å². The fraction of sp³-hybridized carbons (Fsp3) is 0.375. The lowest BCUT2D eigenvalue weighted by Gasteiger charge is -2.19. The highest BCUT2D eigenvalue weighted by Gasteiger charge is 2.21. The molecule has 116 valence electrons. The van der Waals surface area contributed by atoms with Crippen LogP contribution in [0.4, 0.5) is 0 Å². The molecule has 1 unspecified atom stereocenters. The molecule has 1 aromatic heterocycles. The Hall–Kier alpha value is -1.66. The number of carbonyl (C=O) groups excluding carboxylic acids is 1. The van der Waals surface area contributed by atoms with E-state index in [1.807, 2.05) is 24.3 Å². The van der Waals surface area contributed by atoms with E-state index in [1.54, 1.807) is 0 Å². The number of aromatic nitrogens is 1. The minimum Gasteiger partial charge on any atom is -0.448 e. The van der Waals surface area contributed by atoms with Gasteiger partial charge in [0, 0.05) is 23.5 Å². The Morgan fingerprint density at radius 1 is 1.50 bits per heavy atom. The Morgan fingerprint density at radius 3 is 3.18 bits per heavy atom. The molecule has 1 aromatic carbocycles. The number of hydrogen-bond donors (Lipinski definition) is 2. The van der Waals surface area contributed by atoms with Crippen LogP contribution in [0.25, 0.3) is 0 Å². The highest BCUT2D eigenvalue weighted by molar-refractivity contribution is 9.10. The first-order chi connectivity index (χ1) is 10.7. The number of hydrogen-bond acceptors (Lipinski definition) is 4. The summed E-state index contributed by atoms with van der Waals surface area (Å²) in [5.74, 6) is 0.707. The number of piperidine rings is 1. The Labute approximate surface area is 137 Å². The van der Waals surface area contributed by atoms with Crippen LogP contribution in [0.3, 0.4) is 0 Å². The summed E-state index contributed by atoms with van der Waals surface area (Å²) >= 11 is 3.42. The van der Waals surface area contributed by atoms with Crippen molar-refractivity contribution >= 4 is 21.8 Å². The Kier molecular flexibility index (Phi) is 4.90. The van der Waals surface area contributed by atoms with E-state index in [2.05, 4.69) is 31.5 Å². The van der Waals surface area contributed by atoms with Gasteiger partial charge in [-0.15, -0.1) is 0 Å². The normalized spacial score (nSPS) is 18.1. The van der Waals surface area contributed by atoms with Crippen LogP contribution in [0, 0.1) is 0 Å². The summed E-state index contributed by atoms with van der Waals surface area (Å²) < 4.78 is 6.47. The molecule has 22 heavy (non-hydrogen) atoms. The third kappa shape index (κ3) is 3.75. The van der Waals surface area contributed by atoms with Crippen molar-refractivity contribution in [3.8, 4) is 0 Å². The fourth-order valence-corrected chi connectivity index (χ4v) is 3.01. The SMILES string of the molecule is O=C(NCc1cccc(Br)c1)c1coc(C2CCCNC2)n1. The maximum Gasteiger partial charge on any atom is 0.273 e. The predicted molar refractivity (Wildman–Crippen MR) is 86.7 cm³/mol. The molecule has 0 bridgehead atoms. The van der Waals surface area contributed by atoms with Crippen molar-refractivity contribution in [2.75, 3.05) is 13.1 Å². The third-order valence-corrected chi connectivity index (χ3v) is 4.24. The minimum atomic E-state index is -0.209. The summed E-state index contributed by atoms with van der Waals surface area (Å²) in [6.07, 6.45) is 3.60. The number of oxazole rings is 1. The van der Waals surface area contributed by atoms with Gasteiger partial charge in [0.25, 0.3) is 5.91 Å². The molecule has 2 heterocycles. The number of amides is 1. The van der Waals surface area contributed by atoms with Crippen LogP contribution < -0.4 is 10.6 Å². The molecule has 0 radical (unpaired) electrons. The van der Waals surface area contributed by atoms with Gasteiger partial charge in [-0.25, -0.2) is 4.98 Å². The molecule has 5 nitrogen and oxygen atoms in total. The molecule has 6 heteroatoms. The summed E-state index contributed by atoms with van der Waals surface area (Å²) in [5, 5.41) is 6.18. The van der Waals surface area contributed by atoms with Crippen LogP contribution in [0.5, 0.6) is 0 Å². The van der Waals surface area contributed by atoms with E-state index in [9.17, 15) is 4.79 Å². The fourth-order valence-electron chi connectivity index (χ4n) is 2.56. The van der Waals surface area contributed by atoms with Gasteiger partial charge in [0.15, 0.2) is 11.6 Å². The molecular weight excluding hydrogens is 346 g/mol. The van der Waals surface area contributed by atoms with Crippen LogP contribution in [0.2, 0.25) is 0 Å². The average molecular weight is 364 g/mol. The zero-order chi connectivity index (χ0) is 15.4. The van der Waals surface area contributed by atoms with Gasteiger partial charge in [0.1, 0.15) is 6.26 Å². The van der Waals surface area contributed by atoms with Gasteiger partial charge >= 0.3 is 0 Å². The van der Waals surface area contributed by atoms with Gasteiger partial charge in [0.2, 0.25) is 0 Å². The van der Waals surface area contributed by atoms with E-state index in [-0.39, 0.29) is 11.8 Å². The molecule has 3 rings (SSSR count). The van der Waals surface area contributed by atoms with Crippen molar-refractivity contribution < 1.29 is 9.21 Å². The van der Waals surface area contributed by atoms with Crippen LogP contribution in [-0.2, 0) is 6.54 Å². The first-order valence-electron chi connectivity index (χ1n) is 7.41. The molecule has 1 amide bonds. The molecule has 2 aromatic rings. The predicted octanol–water partition coefficient (Wildman–Crippen LogP) is 2.83. The van der Waals surface area contributed by atoms with E-state index in [1.165, 1.54) is 6.26 Å². The smallest absolute Gasteiger partial charge is 0.273 e. The maximum absolute atomic E-state index is 12.1. The van der Waals surface area contributed by atoms with Gasteiger partial charge in [-0.05, 0) is 37.1 Å². The molecule has 1 fully saturated rings. The van der Waals surface area contributed by atoms with E-state index < -0.39 is 0 Å². The van der Waals surface area contributed by atoms with E-state index in [0.29, 0.717) is 18.1 Å². The van der Waals surface area contributed by atoms with Crippen molar-refractivity contribution in [3.05, 3.63) is 52.1 Å². The Bertz CT molecular complexity index is 650. The van der Waals surface area contributed by atoms with E-state index in [0.717, 1.165) is 36.0 Å². The Morgan fingerprint density at radius 2 is 2.41 bits per heavy atom. The molecular formula is C16H18BrN3O2. The van der Waals surface area contributed by atoms with Crippen LogP contribution in [0.1, 0.15) is 40.7 Å².